The molecule has 0 fully saturated rings. The minimum Gasteiger partial charge on any atom is -0.692 e. The Morgan fingerprint density at radius 1 is 0.524 bits per heavy atom. The van der Waals surface area contributed by atoms with E-state index in [1.165, 1.54) is 11.1 Å². The van der Waals surface area contributed by atoms with Crippen LogP contribution >= 0.6 is 0 Å². The van der Waals surface area contributed by atoms with Gasteiger partial charge in [-0.3, -0.25) is 0 Å². The average molecular weight is 702 g/mol. The molecule has 4 rings (SSSR count). The summed E-state index contributed by atoms with van der Waals surface area (Å²) in [6.45, 7) is 19.9. The summed E-state index contributed by atoms with van der Waals surface area (Å²) in [5, 5.41) is 0. The first kappa shape index (κ1) is 48.5. The molecule has 0 radical (unpaired) electrons. The topological polar surface area (TPSA) is 0 Å². The van der Waals surface area contributed by atoms with E-state index in [0.717, 1.165) is 16.7 Å². The molecule has 0 amide bonds. The van der Waals surface area contributed by atoms with Crippen LogP contribution in [0.4, 0.5) is 0 Å². The molecule has 0 heterocycles. The third-order valence-corrected chi connectivity index (χ3v) is 5.33. The predicted octanol–water partition coefficient (Wildman–Crippen LogP) is 5.79. The van der Waals surface area contributed by atoms with Gasteiger partial charge in [-0.2, -0.15) is 0 Å². The molecule has 0 saturated heterocycles. The summed E-state index contributed by atoms with van der Waals surface area (Å²) in [5.74, 6) is 2.66. The van der Waals surface area contributed by atoms with Crippen molar-refractivity contribution in [2.45, 2.75) is 74.7 Å². The Kier molecular flexibility index (Phi) is 38.6. The fourth-order valence-corrected chi connectivity index (χ4v) is 3.50. The maximum atomic E-state index is 7.58. The van der Waals surface area contributed by atoms with Gasteiger partial charge < -0.3 is 18.1 Å². The van der Waals surface area contributed by atoms with Gasteiger partial charge in [0.25, 0.3) is 0 Å². The number of hydrogen-bond acceptors (Lipinski definition) is 0. The van der Waals surface area contributed by atoms with Crippen molar-refractivity contribution < 1.29 is 116 Å². The van der Waals surface area contributed by atoms with Gasteiger partial charge in [-0.05, 0) is 18.1 Å². The molecule has 0 aliphatic carbocycles. The first-order valence-electron chi connectivity index (χ1n) is 14.6. The number of rotatable bonds is 4. The summed E-state index contributed by atoms with van der Waals surface area (Å²) in [6.07, 6.45) is 10.6. The molecule has 4 aromatic carbocycles. The molecule has 0 spiro atoms. The smallest absolute Gasteiger partial charge is 0.692 e. The summed E-state index contributed by atoms with van der Waals surface area (Å²) in [4.78, 5) is 0. The van der Waals surface area contributed by atoms with Crippen molar-refractivity contribution in [3.8, 4) is 5.92 Å². The van der Waals surface area contributed by atoms with E-state index in [9.17, 15) is 0 Å². The van der Waals surface area contributed by atoms with E-state index in [1.54, 1.807) is 0 Å². The molecule has 0 aliphatic heterocycles. The standard InChI is InChI=1S/2C16H13.4C2H6.2Rb/c1-3-16(2,14-10-6-4-7-11-14)15-12-8-5-9-13-15;1-2-9-16(14-10-5-3-6-11-14)15-12-7-4-8-13-15;4*1-2;;/h4-13H,2H3;3-8,10-13H,1H3;4*1-2H3;;/q2*-1;;;;;2*+1. The van der Waals surface area contributed by atoms with E-state index in [1.807, 2.05) is 166 Å². The van der Waals surface area contributed by atoms with Gasteiger partial charge in [-0.15, -0.1) is 12.5 Å². The van der Waals surface area contributed by atoms with Gasteiger partial charge in [-0.25, -0.2) is 6.08 Å². The Morgan fingerprint density at radius 3 is 1.02 bits per heavy atom. The number of hydrogen-bond donors (Lipinski definition) is 0. The Labute approximate surface area is 358 Å². The molecule has 42 heavy (non-hydrogen) atoms. The molecule has 0 nitrogen and oxygen atoms in total. The number of benzene rings is 4. The Balaban J connectivity index is -0.000000267. The zero-order valence-electron chi connectivity index (χ0n) is 28.5. The second-order valence-corrected chi connectivity index (χ2v) is 7.46. The normalized spacial score (nSPS) is 8.21. The molecule has 0 bridgehead atoms. The zero-order chi connectivity index (χ0) is 30.7. The molecule has 212 valence electrons. The van der Waals surface area contributed by atoms with Crippen LogP contribution in [-0.4, -0.2) is 0 Å². The maximum absolute atomic E-state index is 7.58. The number of allylic oxidation sites excluding steroid dienone is 1. The summed E-state index contributed by atoms with van der Waals surface area (Å²) >= 11 is 0. The summed E-state index contributed by atoms with van der Waals surface area (Å²) < 4.78 is 0. The third-order valence-electron chi connectivity index (χ3n) is 5.33. The first-order valence-corrected chi connectivity index (χ1v) is 14.6. The predicted molar refractivity (Wildman–Crippen MR) is 180 cm³/mol. The van der Waals surface area contributed by atoms with Crippen molar-refractivity contribution in [3.05, 3.63) is 162 Å². The van der Waals surface area contributed by atoms with E-state index in [4.69, 9.17) is 6.42 Å². The Bertz CT molecular complexity index is 1120. The molecule has 0 aromatic heterocycles. The molecule has 0 unspecified atom stereocenters. The van der Waals surface area contributed by atoms with Crippen molar-refractivity contribution in [3.63, 3.8) is 0 Å². The van der Waals surface area contributed by atoms with Crippen LogP contribution < -0.4 is 116 Å². The van der Waals surface area contributed by atoms with Gasteiger partial charge in [0.1, 0.15) is 0 Å². The van der Waals surface area contributed by atoms with Crippen LogP contribution in [0.25, 0.3) is 5.57 Å². The van der Waals surface area contributed by atoms with Gasteiger partial charge in [0.2, 0.25) is 0 Å². The summed E-state index contributed by atoms with van der Waals surface area (Å²) in [6, 6.07) is 40.6. The average Bonchev–Trinajstić information content (AvgIpc) is 3.09. The van der Waals surface area contributed by atoms with Crippen LogP contribution in [-0.2, 0) is 5.41 Å². The fourth-order valence-electron chi connectivity index (χ4n) is 3.50. The first-order chi connectivity index (χ1) is 19.7. The SMILES string of the molecule is CC.CC.CC.CC.C[C-]=C=C(c1ccccc1)c1ccccc1.[C-]#CC(C)(c1ccccc1)c1ccccc1.[Rb+].[Rb+]. The van der Waals surface area contributed by atoms with Crippen molar-refractivity contribution in [1.82, 2.24) is 0 Å². The maximum Gasteiger partial charge on any atom is 1.00 e. The summed E-state index contributed by atoms with van der Waals surface area (Å²) in [5.41, 5.74) is 8.34. The van der Waals surface area contributed by atoms with Crippen LogP contribution in [0.15, 0.2) is 127 Å². The van der Waals surface area contributed by atoms with E-state index in [0.29, 0.717) is 0 Å². The third kappa shape index (κ3) is 17.8. The largest absolute Gasteiger partial charge is 1.00 e. The Morgan fingerprint density at radius 2 is 0.786 bits per heavy atom. The Hall–Kier alpha value is -0.430. The van der Waals surface area contributed by atoms with Crippen molar-refractivity contribution >= 4 is 5.57 Å². The van der Waals surface area contributed by atoms with Crippen LogP contribution in [0.3, 0.4) is 0 Å². The van der Waals surface area contributed by atoms with Crippen LogP contribution in [0.1, 0.15) is 91.5 Å². The van der Waals surface area contributed by atoms with E-state index in [-0.39, 0.29) is 116 Å². The monoisotopic (exact) mass is 700 g/mol. The molecule has 2 heteroatoms. The fraction of sp³-hybridized carbons (Fsp3) is 0.275. The molecule has 0 atom stereocenters. The van der Waals surface area contributed by atoms with Gasteiger partial charge in [0.15, 0.2) is 0 Å². The van der Waals surface area contributed by atoms with Crippen molar-refractivity contribution in [2.75, 3.05) is 0 Å². The molecule has 0 aliphatic rings. The quantitative estimate of drug-likeness (QED) is 0.144. The van der Waals surface area contributed by atoms with Crippen molar-refractivity contribution in [1.29, 1.82) is 0 Å². The minimum absolute atomic E-state index is 0. The van der Waals surface area contributed by atoms with Crippen LogP contribution in [0.2, 0.25) is 0 Å². The van der Waals surface area contributed by atoms with Crippen molar-refractivity contribution in [2.24, 2.45) is 0 Å². The van der Waals surface area contributed by atoms with E-state index >= 15 is 0 Å². The second kappa shape index (κ2) is 33.5. The molecule has 4 aromatic rings. The second-order valence-electron chi connectivity index (χ2n) is 7.46. The molecular weight excluding hydrogens is 651 g/mol. The van der Waals surface area contributed by atoms with E-state index < -0.39 is 5.41 Å². The molecule has 0 N–H and O–H groups in total. The summed E-state index contributed by atoms with van der Waals surface area (Å²) in [7, 11) is 0. The van der Waals surface area contributed by atoms with Gasteiger partial charge in [-0.1, -0.05) is 188 Å². The van der Waals surface area contributed by atoms with E-state index in [2.05, 4.69) is 42.0 Å². The van der Waals surface area contributed by atoms with Crippen LogP contribution in [0, 0.1) is 18.4 Å². The molecular formula is C40H50Rb2. The van der Waals surface area contributed by atoms with Crippen LogP contribution in [0.5, 0.6) is 0 Å². The van der Waals surface area contributed by atoms with Gasteiger partial charge in [0, 0.05) is 5.41 Å². The zero-order valence-corrected chi connectivity index (χ0v) is 38.4. The van der Waals surface area contributed by atoms with Gasteiger partial charge >= 0.3 is 116 Å². The van der Waals surface area contributed by atoms with Gasteiger partial charge in [0.05, 0.1) is 0 Å². The molecule has 0 saturated carbocycles. The minimum atomic E-state index is -0.456.